The Kier molecular flexibility index (Phi) is 7.74. The van der Waals surface area contributed by atoms with Gasteiger partial charge < -0.3 is 18.8 Å². The van der Waals surface area contributed by atoms with Gasteiger partial charge in [0.1, 0.15) is 0 Å². The monoisotopic (exact) mass is 246 g/mol. The normalized spacial score (nSPS) is 20.0. The molecule has 86 valence electrons. The Morgan fingerprint density at radius 1 is 1.21 bits per heavy atom. The third-order valence-corrected chi connectivity index (χ3v) is 2.76. The highest BCUT2D eigenvalue weighted by Crippen LogP contribution is 2.26. The molecule has 0 bridgehead atoms. The summed E-state index contributed by atoms with van der Waals surface area (Å²) in [6, 6.07) is 0. The molecule has 2 N–H and O–H groups in total. The lowest BCUT2D eigenvalue weighted by atomic mass is 10.1. The molecule has 0 saturated heterocycles. The highest BCUT2D eigenvalue weighted by molar-refractivity contribution is 7.32. The van der Waals surface area contributed by atoms with Crippen molar-refractivity contribution in [1.29, 1.82) is 0 Å². The summed E-state index contributed by atoms with van der Waals surface area (Å²) in [5.41, 5.74) is 0. The van der Waals surface area contributed by atoms with E-state index in [9.17, 15) is 9.13 Å². The van der Waals surface area contributed by atoms with Gasteiger partial charge in [0, 0.05) is 6.42 Å². The van der Waals surface area contributed by atoms with Crippen LogP contribution in [0.25, 0.3) is 0 Å². The largest absolute Gasteiger partial charge is 0.326 e. The van der Waals surface area contributed by atoms with Crippen LogP contribution >= 0.6 is 16.5 Å². The van der Waals surface area contributed by atoms with E-state index in [1.54, 1.807) is 13.8 Å². The van der Waals surface area contributed by atoms with Crippen molar-refractivity contribution in [1.82, 2.24) is 0 Å². The Hall–Kier alpha value is 0.300. The summed E-state index contributed by atoms with van der Waals surface area (Å²) in [7, 11) is -5.91. The van der Waals surface area contributed by atoms with Crippen molar-refractivity contribution in [3.05, 3.63) is 0 Å². The van der Waals surface area contributed by atoms with Crippen LogP contribution in [0, 0.1) is 0 Å². The fourth-order valence-electron chi connectivity index (χ4n) is 1.03. The SMILES string of the molecule is CCC(C[C@H](C)O[PH](=O)O)O[PH](=O)O. The van der Waals surface area contributed by atoms with Crippen LogP contribution in [0.1, 0.15) is 26.7 Å². The zero-order valence-electron chi connectivity index (χ0n) is 8.10. The molecule has 6 nitrogen and oxygen atoms in total. The molecule has 0 rings (SSSR count). The summed E-state index contributed by atoms with van der Waals surface area (Å²) in [6.07, 6.45) is 0.00184. The molecule has 0 spiro atoms. The number of hydrogen-bond donors (Lipinski definition) is 2. The molecule has 8 heteroatoms. The topological polar surface area (TPSA) is 93.1 Å². The molecular formula is C6H16O6P2. The zero-order chi connectivity index (χ0) is 11.1. The van der Waals surface area contributed by atoms with E-state index in [1.165, 1.54) is 0 Å². The minimum Gasteiger partial charge on any atom is -0.326 e. The molecule has 0 amide bonds. The van der Waals surface area contributed by atoms with E-state index in [0.29, 0.717) is 12.8 Å². The first-order chi connectivity index (χ1) is 6.45. The Balaban J connectivity index is 3.91. The van der Waals surface area contributed by atoms with Gasteiger partial charge in [0.25, 0.3) is 0 Å². The number of hydrogen-bond acceptors (Lipinski definition) is 4. The third kappa shape index (κ3) is 7.68. The molecule has 0 saturated carbocycles. The van der Waals surface area contributed by atoms with Crippen molar-refractivity contribution in [2.24, 2.45) is 0 Å². The highest BCUT2D eigenvalue weighted by Gasteiger charge is 2.15. The lowest BCUT2D eigenvalue weighted by Crippen LogP contribution is -2.16. The second-order valence-electron chi connectivity index (χ2n) is 2.84. The lowest BCUT2D eigenvalue weighted by molar-refractivity contribution is 0.111. The van der Waals surface area contributed by atoms with Crippen LogP contribution in [0.4, 0.5) is 0 Å². The van der Waals surface area contributed by atoms with Crippen LogP contribution < -0.4 is 0 Å². The van der Waals surface area contributed by atoms with Gasteiger partial charge >= 0.3 is 16.5 Å². The molecule has 0 aromatic carbocycles. The average molecular weight is 246 g/mol. The fraction of sp³-hybridized carbons (Fsp3) is 1.00. The van der Waals surface area contributed by atoms with Gasteiger partial charge in [-0.05, 0) is 13.3 Å². The summed E-state index contributed by atoms with van der Waals surface area (Å²) >= 11 is 0. The summed E-state index contributed by atoms with van der Waals surface area (Å²) < 4.78 is 30.0. The molecule has 0 aromatic rings. The maximum absolute atomic E-state index is 10.4. The van der Waals surface area contributed by atoms with Gasteiger partial charge in [-0.2, -0.15) is 0 Å². The predicted octanol–water partition coefficient (Wildman–Crippen LogP) is 1.34. The van der Waals surface area contributed by atoms with Crippen LogP contribution in [0.3, 0.4) is 0 Å². The molecule has 0 aliphatic heterocycles. The molecule has 4 atom stereocenters. The summed E-state index contributed by atoms with van der Waals surface area (Å²) in [6.45, 7) is 3.41. The van der Waals surface area contributed by atoms with E-state index in [-0.39, 0.29) is 0 Å². The number of rotatable bonds is 7. The van der Waals surface area contributed by atoms with Gasteiger partial charge in [-0.3, -0.25) is 9.13 Å². The standard InChI is InChI=1S/C6H16O6P2/c1-3-6(12-14(9)10)4-5(2)11-13(7)8/h5-6,13-14H,3-4H2,1-2H3,(H,7,8)(H,9,10)/t5-,6?/m0/s1. The van der Waals surface area contributed by atoms with Gasteiger partial charge in [-0.25, -0.2) is 0 Å². The second-order valence-corrected chi connectivity index (χ2v) is 4.38. The van der Waals surface area contributed by atoms with Crippen molar-refractivity contribution >= 4 is 16.5 Å². The van der Waals surface area contributed by atoms with E-state index in [4.69, 9.17) is 14.3 Å². The molecule has 0 fully saturated rings. The molecular weight excluding hydrogens is 230 g/mol. The van der Waals surface area contributed by atoms with Crippen molar-refractivity contribution in [2.45, 2.75) is 38.9 Å². The van der Waals surface area contributed by atoms with Crippen LogP contribution in [0.5, 0.6) is 0 Å². The van der Waals surface area contributed by atoms with Gasteiger partial charge in [0.05, 0.1) is 12.2 Å². The molecule has 14 heavy (non-hydrogen) atoms. The van der Waals surface area contributed by atoms with E-state index < -0.39 is 28.7 Å². The second kappa shape index (κ2) is 7.57. The Morgan fingerprint density at radius 2 is 1.71 bits per heavy atom. The summed E-state index contributed by atoms with van der Waals surface area (Å²) in [5, 5.41) is 0. The first-order valence-electron chi connectivity index (χ1n) is 4.24. The van der Waals surface area contributed by atoms with Crippen molar-refractivity contribution in [3.8, 4) is 0 Å². The average Bonchev–Trinajstić information content (AvgIpc) is 2.00. The molecule has 0 aliphatic rings. The maximum atomic E-state index is 10.4. The van der Waals surface area contributed by atoms with E-state index in [0.717, 1.165) is 0 Å². The Bertz CT molecular complexity index is 208. The van der Waals surface area contributed by atoms with Crippen molar-refractivity contribution in [3.63, 3.8) is 0 Å². The Morgan fingerprint density at radius 3 is 2.07 bits per heavy atom. The smallest absolute Gasteiger partial charge is 0.316 e. The highest BCUT2D eigenvalue weighted by atomic mass is 31.1. The van der Waals surface area contributed by atoms with E-state index in [1.807, 2.05) is 0 Å². The predicted molar refractivity (Wildman–Crippen MR) is 52.8 cm³/mol. The first kappa shape index (κ1) is 14.3. The summed E-state index contributed by atoms with van der Waals surface area (Å²) in [4.78, 5) is 17.0. The van der Waals surface area contributed by atoms with Crippen LogP contribution in [0.15, 0.2) is 0 Å². The van der Waals surface area contributed by atoms with Crippen LogP contribution in [-0.2, 0) is 18.2 Å². The third-order valence-electron chi connectivity index (χ3n) is 1.62. The Labute approximate surface area is 84.1 Å². The summed E-state index contributed by atoms with van der Waals surface area (Å²) in [5.74, 6) is 0. The molecule has 3 unspecified atom stereocenters. The van der Waals surface area contributed by atoms with E-state index in [2.05, 4.69) is 4.52 Å². The van der Waals surface area contributed by atoms with Crippen molar-refractivity contribution in [2.75, 3.05) is 0 Å². The molecule has 0 aromatic heterocycles. The minimum atomic E-state index is -2.96. The van der Waals surface area contributed by atoms with Crippen LogP contribution in [-0.4, -0.2) is 22.0 Å². The fourth-order valence-corrected chi connectivity index (χ4v) is 2.02. The van der Waals surface area contributed by atoms with Gasteiger partial charge in [0.2, 0.25) is 0 Å². The zero-order valence-corrected chi connectivity index (χ0v) is 10.1. The quantitative estimate of drug-likeness (QED) is 0.658. The van der Waals surface area contributed by atoms with Gasteiger partial charge in [-0.1, -0.05) is 6.92 Å². The van der Waals surface area contributed by atoms with Gasteiger partial charge in [-0.15, -0.1) is 0 Å². The molecule has 0 radical (unpaired) electrons. The minimum absolute atomic E-state index is 0.324. The first-order valence-corrected chi connectivity index (χ1v) is 6.77. The van der Waals surface area contributed by atoms with Gasteiger partial charge in [0.15, 0.2) is 0 Å². The maximum Gasteiger partial charge on any atom is 0.316 e. The molecule has 0 heterocycles. The van der Waals surface area contributed by atoms with Crippen molar-refractivity contribution < 1.29 is 28.0 Å². The lowest BCUT2D eigenvalue weighted by Gasteiger charge is -2.17. The van der Waals surface area contributed by atoms with E-state index >= 15 is 0 Å². The molecule has 0 aliphatic carbocycles. The van der Waals surface area contributed by atoms with Crippen LogP contribution in [0.2, 0.25) is 0 Å².